The summed E-state index contributed by atoms with van der Waals surface area (Å²) in [5.41, 5.74) is 0.210. The van der Waals surface area contributed by atoms with Crippen molar-refractivity contribution >= 4 is 22.1 Å². The monoisotopic (exact) mass is 724 g/mol. The van der Waals surface area contributed by atoms with Crippen LogP contribution in [-0.4, -0.2) is 38.7 Å². The summed E-state index contributed by atoms with van der Waals surface area (Å²) in [6, 6.07) is 4.78. The average Bonchev–Trinajstić information content (AvgIpc) is 3.04. The number of carbonyl (C=O) groups is 2. The molecule has 1 rings (SSSR count). The summed E-state index contributed by atoms with van der Waals surface area (Å²) < 4.78 is 41.2. The van der Waals surface area contributed by atoms with Crippen molar-refractivity contribution in [3.05, 3.63) is 23.8 Å². The fourth-order valence-corrected chi connectivity index (χ4v) is 6.52. The molecular weight excluding hydrogens is 651 g/mol. The van der Waals surface area contributed by atoms with E-state index in [1.807, 2.05) is 20.8 Å². The van der Waals surface area contributed by atoms with Gasteiger partial charge in [-0.1, -0.05) is 148 Å². The Morgan fingerprint density at radius 1 is 0.620 bits per heavy atom. The number of esters is 2. The van der Waals surface area contributed by atoms with Gasteiger partial charge in [0.15, 0.2) is 11.5 Å². The molecular formula is C41H73NO7S. The molecule has 50 heavy (non-hydrogen) atoms. The number of hydrogen-bond donors (Lipinski definition) is 1. The number of ether oxygens (including phenoxy) is 2. The predicted octanol–water partition coefficient (Wildman–Crippen LogP) is 11.3. The molecule has 9 heteroatoms. The molecule has 0 aliphatic rings. The Morgan fingerprint density at radius 3 is 1.38 bits per heavy atom. The topological polar surface area (TPSA) is 108 Å². The van der Waals surface area contributed by atoms with E-state index in [0.29, 0.717) is 5.56 Å². The maximum Gasteiger partial charge on any atom is 0.311 e. The van der Waals surface area contributed by atoms with Crippen molar-refractivity contribution < 1.29 is 31.7 Å². The van der Waals surface area contributed by atoms with Crippen molar-refractivity contribution in [1.29, 1.82) is 0 Å². The number of benzene rings is 1. The lowest BCUT2D eigenvalue weighted by molar-refractivity contribution is -0.137. The van der Waals surface area contributed by atoms with Gasteiger partial charge in [-0.05, 0) is 51.3 Å². The summed E-state index contributed by atoms with van der Waals surface area (Å²) in [7, 11) is -3.79. The van der Waals surface area contributed by atoms with Crippen LogP contribution in [0.4, 0.5) is 0 Å². The molecule has 0 amide bonds. The minimum atomic E-state index is -3.79. The first-order valence-electron chi connectivity index (χ1n) is 20.0. The molecule has 0 saturated heterocycles. The van der Waals surface area contributed by atoms with Gasteiger partial charge in [-0.2, -0.15) is 8.42 Å². The van der Waals surface area contributed by atoms with Gasteiger partial charge in [0.2, 0.25) is 0 Å². The summed E-state index contributed by atoms with van der Waals surface area (Å²) in [5.74, 6) is -0.541. The zero-order valence-electron chi connectivity index (χ0n) is 32.8. The van der Waals surface area contributed by atoms with Gasteiger partial charge < -0.3 is 14.8 Å². The smallest absolute Gasteiger partial charge is 0.311 e. The van der Waals surface area contributed by atoms with Crippen molar-refractivity contribution in [1.82, 2.24) is 5.32 Å². The molecule has 1 unspecified atom stereocenters. The van der Waals surface area contributed by atoms with Crippen LogP contribution in [-0.2, 0) is 23.9 Å². The van der Waals surface area contributed by atoms with Crippen molar-refractivity contribution in [2.75, 3.05) is 12.8 Å². The van der Waals surface area contributed by atoms with Crippen LogP contribution in [0.25, 0.3) is 0 Å². The second-order valence-corrected chi connectivity index (χ2v) is 16.7. The maximum atomic E-state index is 13.0. The first-order valence-corrected chi connectivity index (χ1v) is 21.8. The lowest BCUT2D eigenvalue weighted by Gasteiger charge is -2.25. The van der Waals surface area contributed by atoms with E-state index in [9.17, 15) is 18.0 Å². The molecule has 0 aliphatic heterocycles. The van der Waals surface area contributed by atoms with E-state index in [1.165, 1.54) is 103 Å². The van der Waals surface area contributed by atoms with Crippen LogP contribution in [0.3, 0.4) is 0 Å². The van der Waals surface area contributed by atoms with Gasteiger partial charge in [-0.25, -0.2) is 0 Å². The summed E-state index contributed by atoms with van der Waals surface area (Å²) in [6.07, 6.45) is 26.8. The lowest BCUT2D eigenvalue weighted by atomic mass is 10.1. The molecule has 0 saturated carbocycles. The molecule has 0 aliphatic carbocycles. The number of rotatable bonds is 31. The Labute approximate surface area is 306 Å². The molecule has 0 aromatic heterocycles. The summed E-state index contributed by atoms with van der Waals surface area (Å²) in [4.78, 5) is 25.8. The van der Waals surface area contributed by atoms with Crippen LogP contribution >= 0.6 is 0 Å². The number of unbranched alkanes of at least 4 members (excludes halogenated alkanes) is 20. The maximum absolute atomic E-state index is 13.0. The highest BCUT2D eigenvalue weighted by atomic mass is 32.2. The largest absolute Gasteiger partial charge is 0.423 e. The molecule has 0 fully saturated rings. The fraction of sp³-hybridized carbons (Fsp3) is 0.805. The first-order chi connectivity index (χ1) is 23.8. The van der Waals surface area contributed by atoms with Crippen LogP contribution in [0.2, 0.25) is 0 Å². The van der Waals surface area contributed by atoms with Gasteiger partial charge in [-0.15, -0.1) is 0 Å². The Kier molecular flexibility index (Phi) is 25.5. The second kappa shape index (κ2) is 27.7. The third-order valence-electron chi connectivity index (χ3n) is 8.86. The first kappa shape index (κ1) is 46.1. The Morgan fingerprint density at radius 2 is 1.00 bits per heavy atom. The minimum absolute atomic E-state index is 0.0979. The van der Waals surface area contributed by atoms with E-state index in [4.69, 9.17) is 13.7 Å². The van der Waals surface area contributed by atoms with Gasteiger partial charge in [0, 0.05) is 24.9 Å². The highest BCUT2D eigenvalue weighted by Crippen LogP contribution is 2.33. The molecule has 0 heterocycles. The van der Waals surface area contributed by atoms with Crippen molar-refractivity contribution in [3.8, 4) is 11.5 Å². The summed E-state index contributed by atoms with van der Waals surface area (Å²) in [6.45, 7) is 10.6. The molecule has 290 valence electrons. The van der Waals surface area contributed by atoms with E-state index in [2.05, 4.69) is 19.2 Å². The number of hydrogen-bond acceptors (Lipinski definition) is 8. The average molecular weight is 724 g/mol. The van der Waals surface area contributed by atoms with Gasteiger partial charge in [-0.3, -0.25) is 13.8 Å². The zero-order valence-corrected chi connectivity index (χ0v) is 33.6. The molecule has 1 atom stereocenters. The lowest BCUT2D eigenvalue weighted by Crippen LogP contribution is -2.39. The van der Waals surface area contributed by atoms with Crippen LogP contribution in [0.15, 0.2) is 18.2 Å². The van der Waals surface area contributed by atoms with Crippen molar-refractivity contribution in [3.63, 3.8) is 0 Å². The Hall–Kier alpha value is -1.97. The Balaban J connectivity index is 2.76. The molecule has 0 radical (unpaired) electrons. The fourth-order valence-electron chi connectivity index (χ4n) is 5.92. The second-order valence-electron chi connectivity index (χ2n) is 15.1. The minimum Gasteiger partial charge on any atom is -0.423 e. The molecule has 1 aromatic carbocycles. The van der Waals surface area contributed by atoms with Gasteiger partial charge in [0.25, 0.3) is 10.1 Å². The van der Waals surface area contributed by atoms with Gasteiger partial charge >= 0.3 is 11.9 Å². The van der Waals surface area contributed by atoms with Crippen LogP contribution in [0.1, 0.15) is 200 Å². The number of nitrogens with one attached hydrogen (secondary N) is 1. The van der Waals surface area contributed by atoms with Crippen molar-refractivity contribution in [2.24, 2.45) is 0 Å². The SMILES string of the molecule is CCCCCCCCCCCCCC(=O)Oc1ccc(C(CNC(C)(C)C)OS(C)(=O)=O)cc1OC(=O)CCCCCCCCCCCCC. The summed E-state index contributed by atoms with van der Waals surface area (Å²) >= 11 is 0. The van der Waals surface area contributed by atoms with E-state index >= 15 is 0 Å². The molecule has 0 spiro atoms. The standard InChI is InChI=1S/C41H73NO7S/c1-7-9-11-13-15-17-19-21-23-25-27-29-39(43)47-36-32-31-35(38(49-50(6,45)46)34-42-41(3,4)5)33-37(36)48-40(44)30-28-26-24-22-20-18-16-14-12-10-8-2/h31-33,38,42H,7-30,34H2,1-6H3. The van der Waals surface area contributed by atoms with E-state index < -0.39 is 22.2 Å². The summed E-state index contributed by atoms with van der Waals surface area (Å²) in [5, 5.41) is 3.29. The van der Waals surface area contributed by atoms with Crippen molar-refractivity contribution in [2.45, 2.75) is 200 Å². The molecule has 1 aromatic rings. The van der Waals surface area contributed by atoms with E-state index in [0.717, 1.165) is 44.8 Å². The third-order valence-corrected chi connectivity index (χ3v) is 9.45. The highest BCUT2D eigenvalue weighted by molar-refractivity contribution is 7.86. The zero-order chi connectivity index (χ0) is 37.1. The Bertz CT molecular complexity index is 1150. The van der Waals surface area contributed by atoms with Crippen LogP contribution in [0.5, 0.6) is 11.5 Å². The van der Waals surface area contributed by atoms with Crippen LogP contribution < -0.4 is 14.8 Å². The predicted molar refractivity (Wildman–Crippen MR) is 206 cm³/mol. The van der Waals surface area contributed by atoms with E-state index in [1.54, 1.807) is 18.2 Å². The molecule has 8 nitrogen and oxygen atoms in total. The molecule has 1 N–H and O–H groups in total. The van der Waals surface area contributed by atoms with Gasteiger partial charge in [0.05, 0.1) is 6.26 Å². The molecule has 0 bridgehead atoms. The number of carbonyl (C=O) groups excluding carboxylic acids is 2. The highest BCUT2D eigenvalue weighted by Gasteiger charge is 2.24. The van der Waals surface area contributed by atoms with E-state index in [-0.39, 0.29) is 42.4 Å². The van der Waals surface area contributed by atoms with Gasteiger partial charge in [0.1, 0.15) is 6.10 Å². The quantitative estimate of drug-likeness (QED) is 0.0349. The third kappa shape index (κ3) is 25.9. The normalized spacial score (nSPS) is 12.6. The van der Waals surface area contributed by atoms with Crippen LogP contribution in [0, 0.1) is 0 Å².